The van der Waals surface area contributed by atoms with E-state index in [0.29, 0.717) is 4.47 Å². The average Bonchev–Trinajstić information content (AvgIpc) is 2.82. The lowest BCUT2D eigenvalue weighted by Gasteiger charge is -2.09. The smallest absolute Gasteiger partial charge is 0.358 e. The van der Waals surface area contributed by atoms with Crippen LogP contribution in [0, 0.1) is 0 Å². The number of hydrogen-bond donors (Lipinski definition) is 2. The number of hydrogen-bond acceptors (Lipinski definition) is 4. The van der Waals surface area contributed by atoms with Gasteiger partial charge >= 0.3 is 5.97 Å². The summed E-state index contributed by atoms with van der Waals surface area (Å²) in [6.45, 7) is -0.219. The van der Waals surface area contributed by atoms with Crippen LogP contribution in [0.25, 0.3) is 0 Å². The third-order valence-electron chi connectivity index (χ3n) is 2.33. The zero-order valence-electron chi connectivity index (χ0n) is 10.2. The van der Waals surface area contributed by atoms with Crippen molar-refractivity contribution in [1.82, 2.24) is 15.0 Å². The number of aromatic carboxylic acids is 1. The zero-order chi connectivity index (χ0) is 15.6. The molecule has 0 aliphatic heterocycles. The second kappa shape index (κ2) is 6.42. The molecule has 21 heavy (non-hydrogen) atoms. The Morgan fingerprint density at radius 3 is 2.48 bits per heavy atom. The lowest BCUT2D eigenvalue weighted by atomic mass is 10.3. The number of nitrogens with zero attached hydrogens (tertiary/aromatic N) is 3. The molecule has 2 aromatic rings. The van der Waals surface area contributed by atoms with Gasteiger partial charge in [0.05, 0.1) is 21.9 Å². The number of halogens is 3. The molecule has 1 amide bonds. The molecule has 0 bridgehead atoms. The number of carbonyl (C=O) groups is 2. The summed E-state index contributed by atoms with van der Waals surface area (Å²) in [6.07, 6.45) is 1.15. The van der Waals surface area contributed by atoms with E-state index < -0.39 is 11.9 Å². The normalized spacial score (nSPS) is 10.4. The SMILES string of the molecule is O=C(Cn1cc(C(=O)O)nn1)Nc1c(Cl)cc(Br)cc1Cl. The lowest BCUT2D eigenvalue weighted by Crippen LogP contribution is -2.19. The molecule has 0 saturated carbocycles. The molecule has 0 atom stereocenters. The van der Waals surface area contributed by atoms with Crippen LogP contribution in [0.5, 0.6) is 0 Å². The van der Waals surface area contributed by atoms with Crippen LogP contribution in [-0.2, 0) is 11.3 Å². The summed E-state index contributed by atoms with van der Waals surface area (Å²) < 4.78 is 1.78. The van der Waals surface area contributed by atoms with Gasteiger partial charge in [-0.2, -0.15) is 0 Å². The van der Waals surface area contributed by atoms with Gasteiger partial charge in [-0.1, -0.05) is 44.3 Å². The molecule has 0 fully saturated rings. The van der Waals surface area contributed by atoms with Crippen molar-refractivity contribution in [3.8, 4) is 0 Å². The van der Waals surface area contributed by atoms with Gasteiger partial charge in [-0.25, -0.2) is 9.48 Å². The van der Waals surface area contributed by atoms with Crippen molar-refractivity contribution in [3.05, 3.63) is 38.5 Å². The predicted molar refractivity (Wildman–Crippen MR) is 79.8 cm³/mol. The van der Waals surface area contributed by atoms with Gasteiger partial charge in [0.15, 0.2) is 5.69 Å². The lowest BCUT2D eigenvalue weighted by molar-refractivity contribution is -0.116. The van der Waals surface area contributed by atoms with Gasteiger partial charge in [-0.15, -0.1) is 5.10 Å². The van der Waals surface area contributed by atoms with Crippen molar-refractivity contribution in [3.63, 3.8) is 0 Å². The van der Waals surface area contributed by atoms with Gasteiger partial charge < -0.3 is 10.4 Å². The van der Waals surface area contributed by atoms with Crippen LogP contribution in [0.15, 0.2) is 22.8 Å². The zero-order valence-corrected chi connectivity index (χ0v) is 13.3. The van der Waals surface area contributed by atoms with Crippen LogP contribution in [0.3, 0.4) is 0 Å². The molecule has 1 aromatic carbocycles. The third kappa shape index (κ3) is 3.93. The number of amides is 1. The number of aromatic nitrogens is 3. The highest BCUT2D eigenvalue weighted by Crippen LogP contribution is 2.33. The summed E-state index contributed by atoms with van der Waals surface area (Å²) in [6, 6.07) is 3.17. The molecule has 1 heterocycles. The Balaban J connectivity index is 2.10. The molecular weight excluding hydrogens is 387 g/mol. The maximum absolute atomic E-state index is 11.9. The van der Waals surface area contributed by atoms with Gasteiger partial charge in [0.1, 0.15) is 6.54 Å². The van der Waals surface area contributed by atoms with E-state index in [-0.39, 0.29) is 28.0 Å². The Kier molecular flexibility index (Phi) is 4.81. The maximum Gasteiger partial charge on any atom is 0.358 e. The summed E-state index contributed by atoms with van der Waals surface area (Å²) in [5.74, 6) is -1.69. The fourth-order valence-corrected chi connectivity index (χ4v) is 2.76. The van der Waals surface area contributed by atoms with Crippen molar-refractivity contribution in [1.29, 1.82) is 0 Å². The number of carboxylic acid groups (broad SMARTS) is 1. The van der Waals surface area contributed by atoms with Crippen molar-refractivity contribution in [2.24, 2.45) is 0 Å². The van der Waals surface area contributed by atoms with E-state index in [4.69, 9.17) is 28.3 Å². The van der Waals surface area contributed by atoms with E-state index >= 15 is 0 Å². The van der Waals surface area contributed by atoms with Crippen LogP contribution in [0.1, 0.15) is 10.5 Å². The summed E-state index contributed by atoms with van der Waals surface area (Å²) in [5, 5.41) is 18.7. The van der Waals surface area contributed by atoms with E-state index in [1.165, 1.54) is 0 Å². The Morgan fingerprint density at radius 1 is 1.33 bits per heavy atom. The highest BCUT2D eigenvalue weighted by atomic mass is 79.9. The Labute approximate surface area is 137 Å². The molecule has 0 aliphatic rings. The van der Waals surface area contributed by atoms with Crippen LogP contribution < -0.4 is 5.32 Å². The second-order valence-corrected chi connectivity index (χ2v) is 5.63. The highest BCUT2D eigenvalue weighted by molar-refractivity contribution is 9.10. The first-order valence-corrected chi connectivity index (χ1v) is 6.99. The van der Waals surface area contributed by atoms with E-state index in [0.717, 1.165) is 10.9 Å². The van der Waals surface area contributed by atoms with Gasteiger partial charge in [-0.05, 0) is 12.1 Å². The highest BCUT2D eigenvalue weighted by Gasteiger charge is 2.14. The summed E-state index contributed by atoms with van der Waals surface area (Å²) in [5.41, 5.74) is 0.0209. The minimum atomic E-state index is -1.22. The predicted octanol–water partition coefficient (Wildman–Crippen LogP) is 2.68. The maximum atomic E-state index is 11.9. The Bertz CT molecular complexity index is 696. The first-order chi connectivity index (χ1) is 9.86. The molecule has 0 aliphatic carbocycles. The monoisotopic (exact) mass is 392 g/mol. The first-order valence-electron chi connectivity index (χ1n) is 5.44. The van der Waals surface area contributed by atoms with Crippen LogP contribution in [-0.4, -0.2) is 32.0 Å². The van der Waals surface area contributed by atoms with E-state index in [9.17, 15) is 9.59 Å². The molecule has 0 unspecified atom stereocenters. The van der Waals surface area contributed by atoms with Crippen molar-refractivity contribution in [2.75, 3.05) is 5.32 Å². The minimum absolute atomic E-state index is 0.219. The molecule has 0 saturated heterocycles. The van der Waals surface area contributed by atoms with E-state index in [1.807, 2.05) is 0 Å². The summed E-state index contributed by atoms with van der Waals surface area (Å²) in [4.78, 5) is 22.5. The Morgan fingerprint density at radius 2 is 1.95 bits per heavy atom. The molecule has 0 spiro atoms. The Hall–Kier alpha value is -1.64. The quantitative estimate of drug-likeness (QED) is 0.832. The number of benzene rings is 1. The van der Waals surface area contributed by atoms with E-state index in [2.05, 4.69) is 31.6 Å². The van der Waals surface area contributed by atoms with Crippen LogP contribution >= 0.6 is 39.1 Å². The standard InChI is InChI=1S/C11H7BrCl2N4O3/c12-5-1-6(13)10(7(14)2-5)15-9(19)4-18-3-8(11(20)21)16-17-18/h1-3H,4H2,(H,15,19)(H,20,21). The topological polar surface area (TPSA) is 97.1 Å². The molecule has 7 nitrogen and oxygen atoms in total. The molecule has 10 heteroatoms. The summed E-state index contributed by atoms with van der Waals surface area (Å²) in [7, 11) is 0. The van der Waals surface area contributed by atoms with Crippen LogP contribution in [0.4, 0.5) is 5.69 Å². The number of nitrogens with one attached hydrogen (secondary N) is 1. The molecule has 1 aromatic heterocycles. The third-order valence-corrected chi connectivity index (χ3v) is 3.39. The van der Waals surface area contributed by atoms with Crippen molar-refractivity contribution < 1.29 is 14.7 Å². The van der Waals surface area contributed by atoms with Gasteiger partial charge in [0, 0.05) is 4.47 Å². The number of carbonyl (C=O) groups excluding carboxylic acids is 1. The number of carboxylic acids is 1. The van der Waals surface area contributed by atoms with Gasteiger partial charge in [0.2, 0.25) is 5.91 Å². The molecule has 110 valence electrons. The molecule has 0 radical (unpaired) electrons. The minimum Gasteiger partial charge on any atom is -0.476 e. The second-order valence-electron chi connectivity index (χ2n) is 3.90. The fourth-order valence-electron chi connectivity index (χ4n) is 1.46. The van der Waals surface area contributed by atoms with Crippen molar-refractivity contribution >= 4 is 56.7 Å². The van der Waals surface area contributed by atoms with Gasteiger partial charge in [-0.3, -0.25) is 4.79 Å². The number of anilines is 1. The molecule has 2 rings (SSSR count). The summed E-state index contributed by atoms with van der Waals surface area (Å²) >= 11 is 15.2. The van der Waals surface area contributed by atoms with E-state index in [1.54, 1.807) is 12.1 Å². The van der Waals surface area contributed by atoms with Crippen molar-refractivity contribution in [2.45, 2.75) is 6.54 Å². The average molecular weight is 394 g/mol. The molecule has 2 N–H and O–H groups in total. The fraction of sp³-hybridized carbons (Fsp3) is 0.0909. The van der Waals surface area contributed by atoms with Crippen LogP contribution in [0.2, 0.25) is 10.0 Å². The van der Waals surface area contributed by atoms with Gasteiger partial charge in [0.25, 0.3) is 0 Å². The molecular formula is C11H7BrCl2N4O3. The number of rotatable bonds is 4. The first kappa shape index (κ1) is 15.7. The largest absolute Gasteiger partial charge is 0.476 e.